The normalized spacial score (nSPS) is 11.1. The van der Waals surface area contributed by atoms with Gasteiger partial charge in [0.25, 0.3) is 5.16 Å². The zero-order chi connectivity index (χ0) is 9.19. The van der Waals surface area contributed by atoms with Gasteiger partial charge >= 0.3 is 0 Å². The van der Waals surface area contributed by atoms with Gasteiger partial charge in [0.1, 0.15) is 0 Å². The Morgan fingerprint density at radius 2 is 1.92 bits per heavy atom. The van der Waals surface area contributed by atoms with E-state index in [4.69, 9.17) is 11.6 Å². The first-order chi connectivity index (χ1) is 5.56. The zero-order valence-corrected chi connectivity index (χ0v) is 7.51. The predicted molar refractivity (Wildman–Crippen MR) is 44.4 cm³/mol. The molecule has 64 valence electrons. The third kappa shape index (κ3) is 1.80. The highest BCUT2D eigenvalue weighted by Gasteiger charge is 2.11. The molecule has 1 aromatic heterocycles. The number of sulfone groups is 1. The molecular formula is C6H5ClN2O2S. The van der Waals surface area contributed by atoms with Crippen LogP contribution < -0.4 is 0 Å². The average Bonchev–Trinajstić information content (AvgIpc) is 2.05. The molecule has 0 amide bonds. The Morgan fingerprint density at radius 1 is 1.42 bits per heavy atom. The number of halogens is 1. The Kier molecular flexibility index (Phi) is 2.44. The molecule has 0 saturated carbocycles. The number of hydrogen-bond acceptors (Lipinski definition) is 4. The fourth-order valence-electron chi connectivity index (χ4n) is 0.522. The van der Waals surface area contributed by atoms with Gasteiger partial charge in [0.2, 0.25) is 9.84 Å². The van der Waals surface area contributed by atoms with Gasteiger partial charge in [-0.25, -0.2) is 18.4 Å². The van der Waals surface area contributed by atoms with Gasteiger partial charge in [-0.3, -0.25) is 0 Å². The molecule has 0 aliphatic rings. The largest absolute Gasteiger partial charge is 0.251 e. The van der Waals surface area contributed by atoms with Crippen LogP contribution in [0, 0.1) is 0 Å². The van der Waals surface area contributed by atoms with Crippen molar-refractivity contribution in [2.75, 3.05) is 0 Å². The van der Waals surface area contributed by atoms with Crippen molar-refractivity contribution >= 4 is 21.4 Å². The molecule has 1 heterocycles. The van der Waals surface area contributed by atoms with Gasteiger partial charge in [-0.15, -0.1) is 0 Å². The van der Waals surface area contributed by atoms with Crippen LogP contribution >= 0.6 is 11.6 Å². The van der Waals surface area contributed by atoms with Crippen molar-refractivity contribution in [3.05, 3.63) is 29.4 Å². The maximum Gasteiger partial charge on any atom is 0.251 e. The third-order valence-corrected chi connectivity index (χ3v) is 2.42. The third-order valence-electron chi connectivity index (χ3n) is 1.07. The molecule has 0 aliphatic heterocycles. The van der Waals surface area contributed by atoms with E-state index < -0.39 is 9.84 Å². The second-order valence-corrected chi connectivity index (χ2v) is 4.12. The van der Waals surface area contributed by atoms with E-state index in [1.54, 1.807) is 0 Å². The van der Waals surface area contributed by atoms with E-state index in [1.807, 2.05) is 0 Å². The molecule has 0 aromatic carbocycles. The predicted octanol–water partition coefficient (Wildman–Crippen LogP) is 1.05. The fraction of sp³-hybridized carbons (Fsp3) is 0. The summed E-state index contributed by atoms with van der Waals surface area (Å²) in [7, 11) is -3.53. The van der Waals surface area contributed by atoms with Crippen LogP contribution in [0.4, 0.5) is 0 Å². The molecule has 0 N–H and O–H groups in total. The Bertz CT molecular complexity index is 385. The monoisotopic (exact) mass is 204 g/mol. The molecule has 0 fully saturated rings. The van der Waals surface area contributed by atoms with Gasteiger partial charge in [-0.2, -0.15) is 0 Å². The molecule has 0 spiro atoms. The van der Waals surface area contributed by atoms with Crippen LogP contribution in [-0.2, 0) is 9.84 Å². The highest BCUT2D eigenvalue weighted by molar-refractivity contribution is 7.94. The maximum atomic E-state index is 11.0. The second kappa shape index (κ2) is 3.20. The quantitative estimate of drug-likeness (QED) is 0.676. The van der Waals surface area contributed by atoms with Gasteiger partial charge in [-0.05, 0) is 0 Å². The van der Waals surface area contributed by atoms with E-state index in [2.05, 4.69) is 16.5 Å². The summed E-state index contributed by atoms with van der Waals surface area (Å²) in [5, 5.41) is 0.788. The van der Waals surface area contributed by atoms with Crippen molar-refractivity contribution in [3.8, 4) is 0 Å². The first-order valence-corrected chi connectivity index (χ1v) is 4.84. The molecule has 6 heteroatoms. The summed E-state index contributed by atoms with van der Waals surface area (Å²) in [6, 6.07) is 0. The topological polar surface area (TPSA) is 59.9 Å². The molecular weight excluding hydrogens is 200 g/mol. The van der Waals surface area contributed by atoms with Crippen LogP contribution in [0.1, 0.15) is 0 Å². The molecule has 12 heavy (non-hydrogen) atoms. The summed E-state index contributed by atoms with van der Waals surface area (Å²) < 4.78 is 22.1. The molecule has 0 aliphatic carbocycles. The first kappa shape index (κ1) is 9.15. The standard InChI is InChI=1S/C6H5ClN2O2S/c1-2-12(10,11)6-8-3-5(7)4-9-6/h2-4H,1H2. The summed E-state index contributed by atoms with van der Waals surface area (Å²) in [5.41, 5.74) is 0. The van der Waals surface area contributed by atoms with Crippen LogP contribution in [-0.4, -0.2) is 18.4 Å². The fourth-order valence-corrected chi connectivity index (χ4v) is 1.17. The van der Waals surface area contributed by atoms with E-state index in [0.717, 1.165) is 5.41 Å². The summed E-state index contributed by atoms with van der Waals surface area (Å²) in [6.07, 6.45) is 2.43. The average molecular weight is 205 g/mol. The highest BCUT2D eigenvalue weighted by Crippen LogP contribution is 2.08. The SMILES string of the molecule is C=CS(=O)(=O)c1ncc(Cl)cn1. The van der Waals surface area contributed by atoms with Gasteiger partial charge < -0.3 is 0 Å². The molecule has 4 nitrogen and oxygen atoms in total. The minimum absolute atomic E-state index is 0.290. The Labute approximate surface area is 74.8 Å². The lowest BCUT2D eigenvalue weighted by Gasteiger charge is -1.94. The van der Waals surface area contributed by atoms with Gasteiger partial charge in [0, 0.05) is 5.41 Å². The summed E-state index contributed by atoms with van der Waals surface area (Å²) in [6.45, 7) is 3.13. The van der Waals surface area contributed by atoms with Crippen LogP contribution in [0.15, 0.2) is 29.5 Å². The Balaban J connectivity index is 3.23. The lowest BCUT2D eigenvalue weighted by molar-refractivity contribution is 0.596. The van der Waals surface area contributed by atoms with Crippen molar-refractivity contribution in [1.29, 1.82) is 0 Å². The van der Waals surface area contributed by atoms with Crippen LogP contribution in [0.3, 0.4) is 0 Å². The summed E-state index contributed by atoms with van der Waals surface area (Å²) >= 11 is 5.46. The number of aromatic nitrogens is 2. The van der Waals surface area contributed by atoms with E-state index in [-0.39, 0.29) is 10.2 Å². The minimum Gasteiger partial charge on any atom is -0.225 e. The first-order valence-electron chi connectivity index (χ1n) is 2.91. The van der Waals surface area contributed by atoms with Crippen LogP contribution in [0.2, 0.25) is 5.02 Å². The maximum absolute atomic E-state index is 11.0. The minimum atomic E-state index is -3.53. The van der Waals surface area contributed by atoms with Crippen molar-refractivity contribution in [3.63, 3.8) is 0 Å². The lowest BCUT2D eigenvalue weighted by atomic mass is 10.7. The van der Waals surface area contributed by atoms with Crippen molar-refractivity contribution in [1.82, 2.24) is 9.97 Å². The van der Waals surface area contributed by atoms with Crippen LogP contribution in [0.25, 0.3) is 0 Å². The lowest BCUT2D eigenvalue weighted by Crippen LogP contribution is -2.01. The summed E-state index contributed by atoms with van der Waals surface area (Å²) in [5.74, 6) is 0. The molecule has 0 bridgehead atoms. The molecule has 1 aromatic rings. The number of nitrogens with zero attached hydrogens (tertiary/aromatic N) is 2. The molecule has 1 rings (SSSR count). The van der Waals surface area contributed by atoms with Gasteiger partial charge in [0.05, 0.1) is 17.4 Å². The van der Waals surface area contributed by atoms with E-state index in [9.17, 15) is 8.42 Å². The van der Waals surface area contributed by atoms with Crippen molar-refractivity contribution < 1.29 is 8.42 Å². The van der Waals surface area contributed by atoms with Crippen molar-refractivity contribution in [2.45, 2.75) is 5.16 Å². The highest BCUT2D eigenvalue weighted by atomic mass is 35.5. The second-order valence-electron chi connectivity index (χ2n) is 1.90. The van der Waals surface area contributed by atoms with E-state index in [0.29, 0.717) is 0 Å². The van der Waals surface area contributed by atoms with E-state index >= 15 is 0 Å². The van der Waals surface area contributed by atoms with E-state index in [1.165, 1.54) is 12.4 Å². The molecule has 0 unspecified atom stereocenters. The molecule has 0 radical (unpaired) electrons. The van der Waals surface area contributed by atoms with Crippen molar-refractivity contribution in [2.24, 2.45) is 0 Å². The van der Waals surface area contributed by atoms with Gasteiger partial charge in [0.15, 0.2) is 0 Å². The number of hydrogen-bond donors (Lipinski definition) is 0. The van der Waals surface area contributed by atoms with Gasteiger partial charge in [-0.1, -0.05) is 18.2 Å². The zero-order valence-electron chi connectivity index (χ0n) is 5.94. The smallest absolute Gasteiger partial charge is 0.225 e. The number of rotatable bonds is 2. The molecule has 0 saturated heterocycles. The summed E-state index contributed by atoms with van der Waals surface area (Å²) in [4.78, 5) is 7.04. The molecule has 0 atom stereocenters. The Morgan fingerprint density at radius 3 is 2.33 bits per heavy atom. The van der Waals surface area contributed by atoms with Crippen LogP contribution in [0.5, 0.6) is 0 Å². The Hall–Kier alpha value is -0.940.